The third-order valence-electron chi connectivity index (χ3n) is 4.16. The molecule has 3 nitrogen and oxygen atoms in total. The Morgan fingerprint density at radius 3 is 2.29 bits per heavy atom. The molecule has 2 heterocycles. The van der Waals surface area contributed by atoms with Gasteiger partial charge in [-0.25, -0.2) is 0 Å². The standard InChI is InChI=1S/C11H18N2O/c14-11(10-4-5-12-10)13-6-8-2-1-3-9(8)7-13/h8-10,12H,1-7H2/t8?,9?,10-/m1/s1. The van der Waals surface area contributed by atoms with Gasteiger partial charge in [-0.3, -0.25) is 4.79 Å². The molecule has 2 saturated heterocycles. The minimum Gasteiger partial charge on any atom is -0.341 e. The van der Waals surface area contributed by atoms with Crippen molar-refractivity contribution in [3.8, 4) is 0 Å². The molecule has 3 heteroatoms. The van der Waals surface area contributed by atoms with Crippen LogP contribution in [-0.2, 0) is 4.79 Å². The smallest absolute Gasteiger partial charge is 0.239 e. The predicted molar refractivity (Wildman–Crippen MR) is 53.8 cm³/mol. The summed E-state index contributed by atoms with van der Waals surface area (Å²) >= 11 is 0. The number of carbonyl (C=O) groups excluding carboxylic acids is 1. The molecule has 1 saturated carbocycles. The molecule has 3 fully saturated rings. The van der Waals surface area contributed by atoms with Crippen molar-refractivity contribution < 1.29 is 4.79 Å². The molecule has 2 aliphatic heterocycles. The maximum absolute atomic E-state index is 11.9. The normalized spacial score (nSPS) is 40.9. The summed E-state index contributed by atoms with van der Waals surface area (Å²) in [6.45, 7) is 3.11. The van der Waals surface area contributed by atoms with Gasteiger partial charge in [0.2, 0.25) is 5.91 Å². The summed E-state index contributed by atoms with van der Waals surface area (Å²) < 4.78 is 0. The van der Waals surface area contributed by atoms with Crippen molar-refractivity contribution in [1.29, 1.82) is 0 Å². The van der Waals surface area contributed by atoms with E-state index in [0.29, 0.717) is 5.91 Å². The number of hydrogen-bond acceptors (Lipinski definition) is 2. The molecule has 0 aromatic rings. The summed E-state index contributed by atoms with van der Waals surface area (Å²) in [5, 5.41) is 3.20. The Morgan fingerprint density at radius 2 is 1.79 bits per heavy atom. The molecule has 1 aliphatic carbocycles. The number of amides is 1. The summed E-state index contributed by atoms with van der Waals surface area (Å²) in [4.78, 5) is 14.0. The molecule has 0 spiro atoms. The summed E-state index contributed by atoms with van der Waals surface area (Å²) in [5.41, 5.74) is 0. The summed E-state index contributed by atoms with van der Waals surface area (Å²) in [6, 6.07) is 0.161. The number of hydrogen-bond donors (Lipinski definition) is 1. The lowest BCUT2D eigenvalue weighted by atomic mass is 10.0. The van der Waals surface area contributed by atoms with E-state index in [0.717, 1.165) is 37.9 Å². The minimum absolute atomic E-state index is 0.161. The largest absolute Gasteiger partial charge is 0.341 e. The molecule has 3 atom stereocenters. The number of rotatable bonds is 1. The fourth-order valence-electron chi connectivity index (χ4n) is 3.13. The maximum Gasteiger partial charge on any atom is 0.239 e. The molecule has 1 amide bonds. The van der Waals surface area contributed by atoms with Crippen molar-refractivity contribution in [2.75, 3.05) is 19.6 Å². The summed E-state index contributed by atoms with van der Waals surface area (Å²) in [7, 11) is 0. The van der Waals surface area contributed by atoms with Crippen molar-refractivity contribution in [1.82, 2.24) is 10.2 Å². The molecule has 3 rings (SSSR count). The SMILES string of the molecule is O=C([C@H]1CCN1)N1CC2CCCC2C1. The lowest BCUT2D eigenvalue weighted by molar-refractivity contribution is -0.134. The van der Waals surface area contributed by atoms with Crippen LogP contribution in [0, 0.1) is 11.8 Å². The number of nitrogens with one attached hydrogen (secondary N) is 1. The molecule has 3 aliphatic rings. The lowest BCUT2D eigenvalue weighted by Crippen LogP contribution is -2.54. The quantitative estimate of drug-likeness (QED) is 0.663. The van der Waals surface area contributed by atoms with E-state index in [9.17, 15) is 4.79 Å². The molecule has 0 aromatic heterocycles. The van der Waals surface area contributed by atoms with Gasteiger partial charge in [0.1, 0.15) is 0 Å². The second-order valence-corrected chi connectivity index (χ2v) is 4.99. The third kappa shape index (κ3) is 1.26. The van der Waals surface area contributed by atoms with E-state index < -0.39 is 0 Å². The first-order chi connectivity index (χ1) is 6.84. The molecule has 78 valence electrons. The van der Waals surface area contributed by atoms with Gasteiger partial charge < -0.3 is 10.2 Å². The highest BCUT2D eigenvalue weighted by molar-refractivity contribution is 5.83. The van der Waals surface area contributed by atoms with Crippen LogP contribution in [0.3, 0.4) is 0 Å². The predicted octanol–water partition coefficient (Wildman–Crippen LogP) is 0.607. The van der Waals surface area contributed by atoms with Crippen LogP contribution in [-0.4, -0.2) is 36.5 Å². The third-order valence-corrected chi connectivity index (χ3v) is 4.16. The van der Waals surface area contributed by atoms with E-state index in [4.69, 9.17) is 0 Å². The Morgan fingerprint density at radius 1 is 1.14 bits per heavy atom. The molecule has 14 heavy (non-hydrogen) atoms. The van der Waals surface area contributed by atoms with E-state index in [-0.39, 0.29) is 6.04 Å². The zero-order valence-electron chi connectivity index (χ0n) is 8.54. The van der Waals surface area contributed by atoms with Crippen molar-refractivity contribution in [2.24, 2.45) is 11.8 Å². The van der Waals surface area contributed by atoms with Crippen LogP contribution in [0.4, 0.5) is 0 Å². The zero-order valence-corrected chi connectivity index (χ0v) is 8.54. The van der Waals surface area contributed by atoms with Gasteiger partial charge in [-0.05, 0) is 37.6 Å². The van der Waals surface area contributed by atoms with Crippen molar-refractivity contribution >= 4 is 5.91 Å². The van der Waals surface area contributed by atoms with Crippen LogP contribution in [0.2, 0.25) is 0 Å². The van der Waals surface area contributed by atoms with Crippen LogP contribution in [0.5, 0.6) is 0 Å². The van der Waals surface area contributed by atoms with Crippen LogP contribution < -0.4 is 5.32 Å². The first kappa shape index (κ1) is 8.72. The molecule has 0 aromatic carbocycles. The van der Waals surface area contributed by atoms with E-state index >= 15 is 0 Å². The number of carbonyl (C=O) groups is 1. The van der Waals surface area contributed by atoms with Crippen molar-refractivity contribution in [2.45, 2.75) is 31.7 Å². The van der Waals surface area contributed by atoms with Gasteiger partial charge in [0.15, 0.2) is 0 Å². The Balaban J connectivity index is 1.61. The van der Waals surface area contributed by atoms with E-state index in [2.05, 4.69) is 10.2 Å². The minimum atomic E-state index is 0.161. The second-order valence-electron chi connectivity index (χ2n) is 4.99. The average molecular weight is 194 g/mol. The number of likely N-dealkylation sites (tertiary alicyclic amines) is 1. The highest BCUT2D eigenvalue weighted by Gasteiger charge is 2.40. The Bertz CT molecular complexity index is 238. The molecular formula is C11H18N2O. The van der Waals surface area contributed by atoms with Gasteiger partial charge in [-0.15, -0.1) is 0 Å². The van der Waals surface area contributed by atoms with Gasteiger partial charge in [0.05, 0.1) is 6.04 Å². The Hall–Kier alpha value is -0.570. The van der Waals surface area contributed by atoms with E-state index in [1.807, 2.05) is 0 Å². The summed E-state index contributed by atoms with van der Waals surface area (Å²) in [5.74, 6) is 2.03. The first-order valence-corrected chi connectivity index (χ1v) is 5.87. The van der Waals surface area contributed by atoms with Crippen LogP contribution in [0.15, 0.2) is 0 Å². The Kier molecular flexibility index (Phi) is 2.01. The Labute approximate surface area is 84.8 Å². The average Bonchev–Trinajstić information content (AvgIpc) is 2.56. The van der Waals surface area contributed by atoms with Gasteiger partial charge in [-0.2, -0.15) is 0 Å². The number of nitrogens with zero attached hydrogens (tertiary/aromatic N) is 1. The molecule has 0 radical (unpaired) electrons. The highest BCUT2D eigenvalue weighted by atomic mass is 16.2. The summed E-state index contributed by atoms with van der Waals surface area (Å²) in [6.07, 6.45) is 5.14. The highest BCUT2D eigenvalue weighted by Crippen LogP contribution is 2.38. The first-order valence-electron chi connectivity index (χ1n) is 5.87. The van der Waals surface area contributed by atoms with Crippen molar-refractivity contribution in [3.63, 3.8) is 0 Å². The fourth-order valence-corrected chi connectivity index (χ4v) is 3.13. The zero-order chi connectivity index (χ0) is 9.54. The van der Waals surface area contributed by atoms with E-state index in [1.54, 1.807) is 0 Å². The van der Waals surface area contributed by atoms with Gasteiger partial charge in [0.25, 0.3) is 0 Å². The van der Waals surface area contributed by atoms with Crippen LogP contribution in [0.1, 0.15) is 25.7 Å². The lowest BCUT2D eigenvalue weighted by Gasteiger charge is -2.30. The van der Waals surface area contributed by atoms with Crippen LogP contribution >= 0.6 is 0 Å². The molecular weight excluding hydrogens is 176 g/mol. The number of fused-ring (bicyclic) bond motifs is 1. The maximum atomic E-state index is 11.9. The molecule has 1 N–H and O–H groups in total. The fraction of sp³-hybridized carbons (Fsp3) is 0.909. The molecule has 2 unspecified atom stereocenters. The van der Waals surface area contributed by atoms with Gasteiger partial charge >= 0.3 is 0 Å². The molecule has 0 bridgehead atoms. The monoisotopic (exact) mass is 194 g/mol. The van der Waals surface area contributed by atoms with E-state index in [1.165, 1.54) is 19.3 Å². The van der Waals surface area contributed by atoms with Crippen molar-refractivity contribution in [3.05, 3.63) is 0 Å². The van der Waals surface area contributed by atoms with Crippen LogP contribution in [0.25, 0.3) is 0 Å². The second kappa shape index (κ2) is 3.23. The van der Waals surface area contributed by atoms with Gasteiger partial charge in [0, 0.05) is 13.1 Å². The van der Waals surface area contributed by atoms with Gasteiger partial charge in [-0.1, -0.05) is 6.42 Å². The topological polar surface area (TPSA) is 32.3 Å².